The molecule has 1 saturated heterocycles. The second kappa shape index (κ2) is 6.88. The van der Waals surface area contributed by atoms with Crippen molar-refractivity contribution in [2.24, 2.45) is 0 Å². The molecule has 0 atom stereocenters. The molecule has 0 bridgehead atoms. The molecule has 0 unspecified atom stereocenters. The predicted octanol–water partition coefficient (Wildman–Crippen LogP) is -0.503. The number of aliphatic hydroxyl groups is 1. The Kier molecular flexibility index (Phi) is 4.93. The van der Waals surface area contributed by atoms with Crippen molar-refractivity contribution in [2.75, 3.05) is 26.8 Å². The van der Waals surface area contributed by atoms with Crippen molar-refractivity contribution in [3.8, 4) is 17.6 Å². The molecular weight excluding hydrogens is 272 g/mol. The van der Waals surface area contributed by atoms with E-state index in [0.717, 1.165) is 5.56 Å². The molecule has 2 N–H and O–H groups in total. The number of nitrogens with one attached hydrogen (secondary N) is 1. The first-order chi connectivity index (χ1) is 10.1. The lowest BCUT2D eigenvalue weighted by Gasteiger charge is -2.25. The third-order valence-corrected chi connectivity index (χ3v) is 2.99. The molecule has 1 fully saturated rings. The highest BCUT2D eigenvalue weighted by atomic mass is 16.5. The van der Waals surface area contributed by atoms with Crippen LogP contribution in [0.4, 0.5) is 0 Å². The highest BCUT2D eigenvalue weighted by Crippen LogP contribution is 2.20. The zero-order valence-corrected chi connectivity index (χ0v) is 11.7. The van der Waals surface area contributed by atoms with E-state index in [9.17, 15) is 9.59 Å². The first-order valence-electron chi connectivity index (χ1n) is 6.44. The van der Waals surface area contributed by atoms with E-state index in [0.29, 0.717) is 17.9 Å². The van der Waals surface area contributed by atoms with Gasteiger partial charge < -0.3 is 9.84 Å². The number of methoxy groups -OCH3 is 1. The summed E-state index contributed by atoms with van der Waals surface area (Å²) in [7, 11) is 1.55. The molecule has 1 heterocycles. The number of rotatable bonds is 3. The first-order valence-corrected chi connectivity index (χ1v) is 6.44. The summed E-state index contributed by atoms with van der Waals surface area (Å²) in [5.41, 5.74) is 1.58. The summed E-state index contributed by atoms with van der Waals surface area (Å²) < 4.78 is 5.21. The Balaban J connectivity index is 2.16. The molecule has 0 spiro atoms. The lowest BCUT2D eigenvalue weighted by Crippen LogP contribution is -2.50. The van der Waals surface area contributed by atoms with Crippen LogP contribution < -0.4 is 10.1 Å². The molecule has 110 valence electrons. The van der Waals surface area contributed by atoms with Crippen LogP contribution in [0.25, 0.3) is 0 Å². The van der Waals surface area contributed by atoms with Crippen molar-refractivity contribution in [1.82, 2.24) is 10.2 Å². The molecule has 0 aromatic heterocycles. The summed E-state index contributed by atoms with van der Waals surface area (Å²) in [6, 6.07) is 5.47. The molecule has 6 heteroatoms. The molecule has 1 aliphatic heterocycles. The van der Waals surface area contributed by atoms with Crippen LogP contribution in [0.1, 0.15) is 11.1 Å². The van der Waals surface area contributed by atoms with E-state index >= 15 is 0 Å². The van der Waals surface area contributed by atoms with Gasteiger partial charge in [0.25, 0.3) is 0 Å². The average Bonchev–Trinajstić information content (AvgIpc) is 2.44. The summed E-state index contributed by atoms with van der Waals surface area (Å²) in [5.74, 6) is 5.43. The highest BCUT2D eigenvalue weighted by Gasteiger charge is 2.22. The number of ether oxygens (including phenoxy) is 1. The van der Waals surface area contributed by atoms with Crippen molar-refractivity contribution in [3.05, 3.63) is 29.3 Å². The van der Waals surface area contributed by atoms with Crippen molar-refractivity contribution < 1.29 is 19.4 Å². The molecule has 1 aromatic carbocycles. The van der Waals surface area contributed by atoms with Gasteiger partial charge in [-0.05, 0) is 17.7 Å². The third-order valence-electron chi connectivity index (χ3n) is 2.99. The number of hydrogen-bond acceptors (Lipinski definition) is 5. The molecule has 1 aliphatic rings. The van der Waals surface area contributed by atoms with Crippen molar-refractivity contribution >= 4 is 11.8 Å². The number of imide groups is 1. The van der Waals surface area contributed by atoms with Crippen LogP contribution in [-0.2, 0) is 16.1 Å². The third kappa shape index (κ3) is 4.05. The van der Waals surface area contributed by atoms with E-state index in [1.807, 2.05) is 12.1 Å². The fourth-order valence-corrected chi connectivity index (χ4v) is 2.15. The topological polar surface area (TPSA) is 78.9 Å². The average molecular weight is 288 g/mol. The van der Waals surface area contributed by atoms with Crippen LogP contribution >= 0.6 is 0 Å². The molecule has 21 heavy (non-hydrogen) atoms. The smallest absolute Gasteiger partial charge is 0.240 e. The van der Waals surface area contributed by atoms with Gasteiger partial charge in [0, 0.05) is 6.54 Å². The van der Waals surface area contributed by atoms with E-state index in [2.05, 4.69) is 17.2 Å². The summed E-state index contributed by atoms with van der Waals surface area (Å²) in [4.78, 5) is 24.4. The molecule has 0 saturated carbocycles. The Labute approximate surface area is 122 Å². The van der Waals surface area contributed by atoms with Gasteiger partial charge in [-0.25, -0.2) is 0 Å². The number of carbonyl (C=O) groups is 2. The Morgan fingerprint density at radius 3 is 2.67 bits per heavy atom. The summed E-state index contributed by atoms with van der Waals surface area (Å²) >= 11 is 0. The van der Waals surface area contributed by atoms with Crippen LogP contribution in [0.5, 0.6) is 5.75 Å². The molecule has 0 aliphatic carbocycles. The Morgan fingerprint density at radius 2 is 2.05 bits per heavy atom. The zero-order valence-electron chi connectivity index (χ0n) is 11.7. The molecule has 2 amide bonds. The second-order valence-corrected chi connectivity index (χ2v) is 4.61. The largest absolute Gasteiger partial charge is 0.495 e. The van der Waals surface area contributed by atoms with Crippen molar-refractivity contribution in [1.29, 1.82) is 0 Å². The van der Waals surface area contributed by atoms with E-state index in [-0.39, 0.29) is 31.5 Å². The van der Waals surface area contributed by atoms with E-state index in [4.69, 9.17) is 9.84 Å². The molecule has 1 aromatic rings. The Morgan fingerprint density at radius 1 is 1.33 bits per heavy atom. The standard InChI is InChI=1S/C15H16N2O4/c1-21-13-5-4-11(7-12(13)3-2-6-18)8-17-9-14(19)16-15(20)10-17/h4-5,7,18H,6,8-10H2,1H3,(H,16,19,20). The number of hydrogen-bond donors (Lipinski definition) is 2. The number of carbonyl (C=O) groups excluding carboxylic acids is 2. The van der Waals surface area contributed by atoms with E-state index in [1.54, 1.807) is 18.1 Å². The molecular formula is C15H16N2O4. The molecule has 6 nitrogen and oxygen atoms in total. The van der Waals surface area contributed by atoms with Gasteiger partial charge in [-0.1, -0.05) is 17.9 Å². The minimum absolute atomic E-state index is 0.190. The quantitative estimate of drug-likeness (QED) is 0.579. The van der Waals surface area contributed by atoms with E-state index in [1.165, 1.54) is 0 Å². The number of aliphatic hydroxyl groups excluding tert-OH is 1. The van der Waals surface area contributed by atoms with Gasteiger partial charge >= 0.3 is 0 Å². The van der Waals surface area contributed by atoms with Gasteiger partial charge in [0.2, 0.25) is 11.8 Å². The Bertz CT molecular complexity index is 600. The fraction of sp³-hybridized carbons (Fsp3) is 0.333. The highest BCUT2D eigenvalue weighted by molar-refractivity contribution is 5.99. The maximum atomic E-state index is 11.3. The minimum atomic E-state index is -0.292. The second-order valence-electron chi connectivity index (χ2n) is 4.61. The van der Waals surface area contributed by atoms with Gasteiger partial charge in [-0.15, -0.1) is 0 Å². The number of benzene rings is 1. The van der Waals surface area contributed by atoms with Crippen LogP contribution in [0.2, 0.25) is 0 Å². The summed E-state index contributed by atoms with van der Waals surface area (Å²) in [6.07, 6.45) is 0. The monoisotopic (exact) mass is 288 g/mol. The number of nitrogens with zero attached hydrogens (tertiary/aromatic N) is 1. The lowest BCUT2D eigenvalue weighted by molar-refractivity contribution is -0.136. The minimum Gasteiger partial charge on any atom is -0.495 e. The molecule has 2 rings (SSSR count). The maximum Gasteiger partial charge on any atom is 0.240 e. The summed E-state index contributed by atoms with van der Waals surface area (Å²) in [6.45, 7) is 0.621. The van der Waals surface area contributed by atoms with Crippen LogP contribution in [0, 0.1) is 11.8 Å². The van der Waals surface area contributed by atoms with Crippen molar-refractivity contribution in [3.63, 3.8) is 0 Å². The zero-order chi connectivity index (χ0) is 15.2. The SMILES string of the molecule is COc1ccc(CN2CC(=O)NC(=O)C2)cc1C#CCO. The fourth-order valence-electron chi connectivity index (χ4n) is 2.15. The predicted molar refractivity (Wildman–Crippen MR) is 75.4 cm³/mol. The normalized spacial score (nSPS) is 15.1. The van der Waals surface area contributed by atoms with Crippen LogP contribution in [-0.4, -0.2) is 48.6 Å². The van der Waals surface area contributed by atoms with Crippen LogP contribution in [0.3, 0.4) is 0 Å². The maximum absolute atomic E-state index is 11.3. The first kappa shape index (κ1) is 15.0. The van der Waals surface area contributed by atoms with Gasteiger partial charge in [0.05, 0.1) is 25.8 Å². The lowest BCUT2D eigenvalue weighted by atomic mass is 10.1. The Hall–Kier alpha value is -2.36. The van der Waals surface area contributed by atoms with Crippen LogP contribution in [0.15, 0.2) is 18.2 Å². The molecule has 0 radical (unpaired) electrons. The van der Waals surface area contributed by atoms with E-state index < -0.39 is 0 Å². The van der Waals surface area contributed by atoms with Gasteiger partial charge in [-0.3, -0.25) is 19.8 Å². The van der Waals surface area contributed by atoms with Crippen molar-refractivity contribution in [2.45, 2.75) is 6.54 Å². The number of piperazine rings is 1. The summed E-state index contributed by atoms with van der Waals surface area (Å²) in [5, 5.41) is 11.0. The van der Waals surface area contributed by atoms with Gasteiger partial charge in [0.15, 0.2) is 0 Å². The van der Waals surface area contributed by atoms with Gasteiger partial charge in [-0.2, -0.15) is 0 Å². The number of amides is 2. The van der Waals surface area contributed by atoms with Gasteiger partial charge in [0.1, 0.15) is 12.4 Å².